The van der Waals surface area contributed by atoms with Gasteiger partial charge in [0.05, 0.1) is 6.67 Å². The van der Waals surface area contributed by atoms with Gasteiger partial charge in [-0.25, -0.2) is 0 Å². The second-order valence-corrected chi connectivity index (χ2v) is 8.97. The lowest BCUT2D eigenvalue weighted by molar-refractivity contribution is -0.135. The predicted octanol–water partition coefficient (Wildman–Crippen LogP) is 2.20. The molecule has 4 fully saturated rings. The third-order valence-electron chi connectivity index (χ3n) is 7.17. The molecule has 0 radical (unpaired) electrons. The van der Waals surface area contributed by atoms with E-state index in [1.165, 1.54) is 30.5 Å². The van der Waals surface area contributed by atoms with Crippen LogP contribution in [-0.4, -0.2) is 79.6 Å². The van der Waals surface area contributed by atoms with E-state index in [1.807, 2.05) is 0 Å². The van der Waals surface area contributed by atoms with Gasteiger partial charge in [-0.15, -0.1) is 0 Å². The highest BCUT2D eigenvalue weighted by atomic mass is 16.2. The average Bonchev–Trinajstić information content (AvgIpc) is 3.34. The van der Waals surface area contributed by atoms with Gasteiger partial charge in [0.2, 0.25) is 5.91 Å². The third-order valence-corrected chi connectivity index (χ3v) is 7.17. The number of hydrogen-bond acceptors (Lipinski definition) is 4. The number of anilines is 1. The number of nitrogens with zero attached hydrogens (tertiary/aromatic N) is 4. The maximum absolute atomic E-state index is 12.9. The molecule has 1 aromatic rings. The maximum Gasteiger partial charge on any atom is 0.226 e. The summed E-state index contributed by atoms with van der Waals surface area (Å²) in [5.41, 5.74) is 2.65. The van der Waals surface area contributed by atoms with Gasteiger partial charge in [0.1, 0.15) is 0 Å². The van der Waals surface area contributed by atoms with E-state index in [0.29, 0.717) is 11.8 Å². The molecule has 2 heterocycles. The number of amides is 1. The van der Waals surface area contributed by atoms with E-state index in [0.717, 1.165) is 58.4 Å². The first-order valence-corrected chi connectivity index (χ1v) is 10.8. The fraction of sp³-hybridized carbons (Fsp3) is 0.682. The Morgan fingerprint density at radius 2 is 1.70 bits per heavy atom. The smallest absolute Gasteiger partial charge is 0.226 e. The van der Waals surface area contributed by atoms with Crippen LogP contribution in [0.5, 0.6) is 0 Å². The Labute approximate surface area is 162 Å². The van der Waals surface area contributed by atoms with Gasteiger partial charge >= 0.3 is 0 Å². The number of likely N-dealkylation sites (N-methyl/N-ethyl adjacent to an activating group) is 1. The zero-order valence-electron chi connectivity index (χ0n) is 16.5. The lowest BCUT2D eigenvalue weighted by Crippen LogP contribution is -2.53. The van der Waals surface area contributed by atoms with Gasteiger partial charge in [0.15, 0.2) is 0 Å². The molecule has 1 aromatic carbocycles. The van der Waals surface area contributed by atoms with Crippen molar-refractivity contribution in [3.8, 4) is 0 Å². The first-order valence-electron chi connectivity index (χ1n) is 10.8. The quantitative estimate of drug-likeness (QED) is 0.815. The predicted molar refractivity (Wildman–Crippen MR) is 108 cm³/mol. The molecular formula is C22H32N4O. The number of hydrogen-bond donors (Lipinski definition) is 0. The Morgan fingerprint density at radius 3 is 2.30 bits per heavy atom. The SMILES string of the molecule is CN1CCN(c2ccc([C@@H]3C[C@H]3C(=O)N3CCN(C4CCC4)CC3)cc2)C1. The van der Waals surface area contributed by atoms with Crippen molar-refractivity contribution in [2.24, 2.45) is 5.92 Å². The van der Waals surface area contributed by atoms with Crippen molar-refractivity contribution in [1.29, 1.82) is 0 Å². The van der Waals surface area contributed by atoms with E-state index in [1.54, 1.807) is 0 Å². The number of benzene rings is 1. The Balaban J connectivity index is 1.14. The molecule has 0 unspecified atom stereocenters. The molecule has 27 heavy (non-hydrogen) atoms. The van der Waals surface area contributed by atoms with Crippen molar-refractivity contribution in [1.82, 2.24) is 14.7 Å². The summed E-state index contributed by atoms with van der Waals surface area (Å²) in [6.07, 6.45) is 5.15. The summed E-state index contributed by atoms with van der Waals surface area (Å²) < 4.78 is 0. The molecule has 0 bridgehead atoms. The van der Waals surface area contributed by atoms with E-state index in [-0.39, 0.29) is 5.92 Å². The summed E-state index contributed by atoms with van der Waals surface area (Å²) in [5, 5.41) is 0. The molecule has 2 aliphatic carbocycles. The molecule has 2 saturated heterocycles. The van der Waals surface area contributed by atoms with Gasteiger partial charge in [-0.1, -0.05) is 18.6 Å². The van der Waals surface area contributed by atoms with Crippen molar-refractivity contribution in [3.05, 3.63) is 29.8 Å². The number of carbonyl (C=O) groups excluding carboxylic acids is 1. The fourth-order valence-corrected chi connectivity index (χ4v) is 5.00. The Bertz CT molecular complexity index is 678. The Kier molecular flexibility index (Phi) is 4.60. The minimum atomic E-state index is 0.226. The van der Waals surface area contributed by atoms with Gasteiger partial charge in [-0.05, 0) is 49.9 Å². The van der Waals surface area contributed by atoms with Crippen LogP contribution in [0.3, 0.4) is 0 Å². The third kappa shape index (κ3) is 3.47. The van der Waals surface area contributed by atoms with Crippen LogP contribution >= 0.6 is 0 Å². The highest BCUT2D eigenvalue weighted by Gasteiger charge is 2.46. The molecule has 1 amide bonds. The standard InChI is InChI=1S/C22H32N4O/c1-23-9-10-26(16-23)19-7-5-17(6-8-19)20-15-21(20)22(27)25-13-11-24(12-14-25)18-3-2-4-18/h5-8,18,20-21H,2-4,9-16H2,1H3/t20-,21+/m0/s1. The van der Waals surface area contributed by atoms with Crippen molar-refractivity contribution >= 4 is 11.6 Å². The van der Waals surface area contributed by atoms with Gasteiger partial charge < -0.3 is 9.80 Å². The summed E-state index contributed by atoms with van der Waals surface area (Å²) >= 11 is 0. The van der Waals surface area contributed by atoms with Crippen LogP contribution < -0.4 is 4.90 Å². The Morgan fingerprint density at radius 1 is 0.963 bits per heavy atom. The van der Waals surface area contributed by atoms with Gasteiger partial charge in [-0.2, -0.15) is 0 Å². The van der Waals surface area contributed by atoms with E-state index < -0.39 is 0 Å². The number of rotatable bonds is 4. The summed E-state index contributed by atoms with van der Waals surface area (Å²) in [7, 11) is 2.17. The summed E-state index contributed by atoms with van der Waals surface area (Å²) in [5.74, 6) is 1.07. The second-order valence-electron chi connectivity index (χ2n) is 8.97. The zero-order valence-corrected chi connectivity index (χ0v) is 16.5. The largest absolute Gasteiger partial charge is 0.357 e. The zero-order chi connectivity index (χ0) is 18.4. The van der Waals surface area contributed by atoms with Gasteiger partial charge in [-0.3, -0.25) is 14.6 Å². The number of carbonyl (C=O) groups is 1. The lowest BCUT2D eigenvalue weighted by Gasteiger charge is -2.43. The van der Waals surface area contributed by atoms with E-state index >= 15 is 0 Å². The van der Waals surface area contributed by atoms with Crippen LogP contribution in [0, 0.1) is 5.92 Å². The molecule has 5 nitrogen and oxygen atoms in total. The van der Waals surface area contributed by atoms with Gasteiger partial charge in [0.25, 0.3) is 0 Å². The van der Waals surface area contributed by atoms with Crippen molar-refractivity contribution in [2.45, 2.75) is 37.6 Å². The molecule has 2 saturated carbocycles. The molecule has 0 N–H and O–H groups in total. The molecule has 2 aliphatic heterocycles. The normalized spacial score (nSPS) is 29.8. The first-order chi connectivity index (χ1) is 13.2. The molecule has 146 valence electrons. The average molecular weight is 369 g/mol. The monoisotopic (exact) mass is 368 g/mol. The Hall–Kier alpha value is -1.59. The number of piperazine rings is 1. The van der Waals surface area contributed by atoms with E-state index in [2.05, 4.69) is 50.9 Å². The molecule has 5 rings (SSSR count). The van der Waals surface area contributed by atoms with Crippen molar-refractivity contribution in [3.63, 3.8) is 0 Å². The molecule has 5 heteroatoms. The van der Waals surface area contributed by atoms with Crippen LogP contribution in [0.2, 0.25) is 0 Å². The minimum Gasteiger partial charge on any atom is -0.357 e. The van der Waals surface area contributed by atoms with Crippen LogP contribution in [-0.2, 0) is 4.79 Å². The summed E-state index contributed by atoms with van der Waals surface area (Å²) in [4.78, 5) is 22.4. The van der Waals surface area contributed by atoms with Crippen LogP contribution in [0.25, 0.3) is 0 Å². The highest BCUT2D eigenvalue weighted by molar-refractivity contribution is 5.83. The highest BCUT2D eigenvalue weighted by Crippen LogP contribution is 2.48. The summed E-state index contributed by atoms with van der Waals surface area (Å²) in [6.45, 7) is 7.26. The second kappa shape index (κ2) is 7.10. The molecule has 2 atom stereocenters. The maximum atomic E-state index is 12.9. The first kappa shape index (κ1) is 17.5. The van der Waals surface area contributed by atoms with E-state index in [9.17, 15) is 4.79 Å². The molecule has 0 spiro atoms. The molecule has 4 aliphatic rings. The molecular weight excluding hydrogens is 336 g/mol. The lowest BCUT2D eigenvalue weighted by atomic mass is 9.91. The van der Waals surface area contributed by atoms with Crippen LogP contribution in [0.15, 0.2) is 24.3 Å². The van der Waals surface area contributed by atoms with Gasteiger partial charge in [0, 0.05) is 56.9 Å². The topological polar surface area (TPSA) is 30.0 Å². The molecule has 0 aromatic heterocycles. The van der Waals surface area contributed by atoms with Crippen molar-refractivity contribution < 1.29 is 4.79 Å². The minimum absolute atomic E-state index is 0.226. The van der Waals surface area contributed by atoms with Crippen LogP contribution in [0.1, 0.15) is 37.2 Å². The van der Waals surface area contributed by atoms with Crippen molar-refractivity contribution in [2.75, 3.05) is 57.9 Å². The van der Waals surface area contributed by atoms with E-state index in [4.69, 9.17) is 0 Å². The van der Waals surface area contributed by atoms with Crippen LogP contribution in [0.4, 0.5) is 5.69 Å². The fourth-order valence-electron chi connectivity index (χ4n) is 5.00. The summed E-state index contributed by atoms with van der Waals surface area (Å²) in [6, 6.07) is 9.79.